The molecule has 0 fully saturated rings. The smallest absolute Gasteiger partial charge is 1.00 e. The maximum Gasteiger partial charge on any atom is 3.00 e. The molecular weight excluding hydrogens is 258 g/mol. The van der Waals surface area contributed by atoms with Gasteiger partial charge in [0.2, 0.25) is 0 Å². The van der Waals surface area contributed by atoms with E-state index in [0.29, 0.717) is 5.92 Å². The van der Waals surface area contributed by atoms with Crippen LogP contribution in [0, 0.1) is 17.9 Å². The molecule has 2 atom stereocenters. The second kappa shape index (κ2) is 7.83. The minimum atomic E-state index is 0. The third-order valence-electron chi connectivity index (χ3n) is 1.92. The van der Waals surface area contributed by atoms with E-state index in [1.54, 1.807) is 0 Å². The topological polar surface area (TPSA) is 0 Å². The summed E-state index contributed by atoms with van der Waals surface area (Å²) in [6.07, 6.45) is 4.69. The van der Waals surface area contributed by atoms with Gasteiger partial charge in [0, 0.05) is 0 Å². The Bertz CT molecular complexity index is 123. The number of hydrogen-bond acceptors (Lipinski definition) is 0. The summed E-state index contributed by atoms with van der Waals surface area (Å²) in [5.74, 6) is 1.51. The standard InChI is InChI=1S/C8H13.2ClH.Zr/c1-6-4-7(2)8(3)5-6;;;/h6-7H,4H2,1-3H3;2*1H;/q-1;;;+3/p-2. The van der Waals surface area contributed by atoms with E-state index in [9.17, 15) is 0 Å². The monoisotopic (exact) mass is 269 g/mol. The third kappa shape index (κ3) is 5.44. The molecule has 0 saturated heterocycles. The summed E-state index contributed by atoms with van der Waals surface area (Å²) in [5, 5.41) is 0. The Balaban J connectivity index is -0.000000213. The van der Waals surface area contributed by atoms with Crippen LogP contribution >= 0.6 is 0 Å². The van der Waals surface area contributed by atoms with Crippen molar-refractivity contribution in [2.24, 2.45) is 11.8 Å². The van der Waals surface area contributed by atoms with Gasteiger partial charge < -0.3 is 30.9 Å². The molecule has 1 aliphatic rings. The summed E-state index contributed by atoms with van der Waals surface area (Å²) < 4.78 is 0. The average Bonchev–Trinajstić information content (AvgIpc) is 1.85. The second-order valence-corrected chi connectivity index (χ2v) is 2.87. The molecule has 0 aromatic carbocycles. The zero-order valence-electron chi connectivity index (χ0n) is 7.12. The van der Waals surface area contributed by atoms with Gasteiger partial charge in [-0.3, -0.25) is 5.57 Å². The Hall–Kier alpha value is 1.20. The van der Waals surface area contributed by atoms with Crippen molar-refractivity contribution in [3.05, 3.63) is 11.6 Å². The van der Waals surface area contributed by atoms with Crippen LogP contribution in [0.15, 0.2) is 5.57 Å². The molecule has 0 bridgehead atoms. The van der Waals surface area contributed by atoms with Gasteiger partial charge in [-0.15, -0.1) is 0 Å². The predicted molar refractivity (Wildman–Crippen MR) is 35.4 cm³/mol. The van der Waals surface area contributed by atoms with Crippen LogP contribution < -0.4 is 24.8 Å². The molecule has 0 aliphatic heterocycles. The van der Waals surface area contributed by atoms with Crippen LogP contribution in [0.1, 0.15) is 27.2 Å². The molecule has 0 heterocycles. The first kappa shape index (κ1) is 18.1. The van der Waals surface area contributed by atoms with Crippen LogP contribution in [0.4, 0.5) is 0 Å². The van der Waals surface area contributed by atoms with Gasteiger partial charge in [-0.1, -0.05) is 33.1 Å². The molecule has 0 aromatic rings. The van der Waals surface area contributed by atoms with Crippen molar-refractivity contribution in [1.82, 2.24) is 0 Å². The van der Waals surface area contributed by atoms with Crippen LogP contribution in [-0.4, -0.2) is 0 Å². The van der Waals surface area contributed by atoms with Crippen molar-refractivity contribution in [3.8, 4) is 0 Å². The van der Waals surface area contributed by atoms with Crippen molar-refractivity contribution in [1.29, 1.82) is 0 Å². The summed E-state index contributed by atoms with van der Waals surface area (Å²) in [6, 6.07) is 0. The zero-order chi connectivity index (χ0) is 6.15. The fourth-order valence-electron chi connectivity index (χ4n) is 1.30. The molecule has 0 aromatic heterocycles. The summed E-state index contributed by atoms with van der Waals surface area (Å²) in [5.41, 5.74) is 1.46. The predicted octanol–water partition coefficient (Wildman–Crippen LogP) is -3.58. The molecule has 3 heteroatoms. The Kier molecular flexibility index (Phi) is 12.9. The third-order valence-corrected chi connectivity index (χ3v) is 1.92. The average molecular weight is 271 g/mol. The molecule has 2 unspecified atom stereocenters. The van der Waals surface area contributed by atoms with Gasteiger partial charge >= 0.3 is 26.2 Å². The SMILES string of the molecule is CC1=[C-]C(C)CC1C.[Cl-].[Cl-].[Zr+3]. The van der Waals surface area contributed by atoms with Gasteiger partial charge in [0.1, 0.15) is 0 Å². The molecule has 1 aliphatic carbocycles. The maximum absolute atomic E-state index is 3.38. The van der Waals surface area contributed by atoms with Crippen molar-refractivity contribution in [2.75, 3.05) is 0 Å². The van der Waals surface area contributed by atoms with E-state index >= 15 is 0 Å². The van der Waals surface area contributed by atoms with E-state index in [1.807, 2.05) is 0 Å². The quantitative estimate of drug-likeness (QED) is 0.400. The van der Waals surface area contributed by atoms with E-state index in [1.165, 1.54) is 12.0 Å². The molecule has 1 rings (SSSR count). The largest absolute Gasteiger partial charge is 3.00 e. The molecule has 0 spiro atoms. The summed E-state index contributed by atoms with van der Waals surface area (Å²) >= 11 is 0. The van der Waals surface area contributed by atoms with Gasteiger partial charge in [0.05, 0.1) is 0 Å². The maximum atomic E-state index is 3.38. The summed E-state index contributed by atoms with van der Waals surface area (Å²) in [7, 11) is 0. The van der Waals surface area contributed by atoms with E-state index in [4.69, 9.17) is 0 Å². The van der Waals surface area contributed by atoms with Crippen molar-refractivity contribution in [3.63, 3.8) is 0 Å². The van der Waals surface area contributed by atoms with Crippen molar-refractivity contribution in [2.45, 2.75) is 27.2 Å². The van der Waals surface area contributed by atoms with Crippen LogP contribution in [0.25, 0.3) is 0 Å². The summed E-state index contributed by atoms with van der Waals surface area (Å²) in [6.45, 7) is 6.67. The number of rotatable bonds is 0. The first-order valence-corrected chi connectivity index (χ1v) is 3.30. The van der Waals surface area contributed by atoms with Crippen LogP contribution in [0.2, 0.25) is 0 Å². The minimum absolute atomic E-state index is 0. The fraction of sp³-hybridized carbons (Fsp3) is 0.750. The number of halogens is 2. The fourth-order valence-corrected chi connectivity index (χ4v) is 1.30. The zero-order valence-corrected chi connectivity index (χ0v) is 11.1. The van der Waals surface area contributed by atoms with Crippen molar-refractivity contribution >= 4 is 0 Å². The van der Waals surface area contributed by atoms with Crippen LogP contribution in [0.3, 0.4) is 0 Å². The normalized spacial score (nSPS) is 27.4. The molecule has 11 heavy (non-hydrogen) atoms. The first-order chi connectivity index (χ1) is 3.70. The van der Waals surface area contributed by atoms with E-state index < -0.39 is 0 Å². The number of hydrogen-bond donors (Lipinski definition) is 0. The molecule has 0 nitrogen and oxygen atoms in total. The van der Waals surface area contributed by atoms with Crippen LogP contribution in [-0.2, 0) is 26.2 Å². The minimum Gasteiger partial charge on any atom is -1.00 e. The first-order valence-electron chi connectivity index (χ1n) is 3.30. The number of allylic oxidation sites excluding steroid dienone is 2. The van der Waals surface area contributed by atoms with Gasteiger partial charge in [-0.05, 0) is 0 Å². The van der Waals surface area contributed by atoms with E-state index in [0.717, 1.165) is 5.92 Å². The van der Waals surface area contributed by atoms with Crippen molar-refractivity contribution < 1.29 is 51.0 Å². The van der Waals surface area contributed by atoms with Gasteiger partial charge in [0.25, 0.3) is 0 Å². The molecule has 1 radical (unpaired) electrons. The summed E-state index contributed by atoms with van der Waals surface area (Å²) in [4.78, 5) is 0. The van der Waals surface area contributed by atoms with E-state index in [2.05, 4.69) is 26.8 Å². The van der Waals surface area contributed by atoms with Gasteiger partial charge in [0.15, 0.2) is 0 Å². The van der Waals surface area contributed by atoms with Gasteiger partial charge in [-0.2, -0.15) is 5.92 Å². The Morgan fingerprint density at radius 1 is 1.27 bits per heavy atom. The Morgan fingerprint density at radius 3 is 1.82 bits per heavy atom. The molecule has 0 N–H and O–H groups in total. The molecule has 0 saturated carbocycles. The molecular formula is C8H13Cl2Zr. The molecule has 0 amide bonds. The van der Waals surface area contributed by atoms with Gasteiger partial charge in [-0.25, -0.2) is 0 Å². The Labute approximate surface area is 101 Å². The Morgan fingerprint density at radius 2 is 1.73 bits per heavy atom. The van der Waals surface area contributed by atoms with Crippen LogP contribution in [0.5, 0.6) is 0 Å². The van der Waals surface area contributed by atoms with E-state index in [-0.39, 0.29) is 51.0 Å². The molecule has 63 valence electrons. The second-order valence-electron chi connectivity index (χ2n) is 2.87.